The van der Waals surface area contributed by atoms with Crippen molar-refractivity contribution in [2.75, 3.05) is 27.2 Å². The largest absolute Gasteiger partial charge is 0.355 e. The fourth-order valence-electron chi connectivity index (χ4n) is 3.27. The minimum Gasteiger partial charge on any atom is -0.355 e. The van der Waals surface area contributed by atoms with Gasteiger partial charge in [0, 0.05) is 39.3 Å². The van der Waals surface area contributed by atoms with Crippen molar-refractivity contribution in [3.05, 3.63) is 35.4 Å². The van der Waals surface area contributed by atoms with Crippen molar-refractivity contribution in [2.45, 2.75) is 26.8 Å². The Morgan fingerprint density at radius 2 is 1.83 bits per heavy atom. The molecule has 1 aliphatic heterocycles. The number of likely N-dealkylation sites (tertiary alicyclic amines) is 1. The van der Waals surface area contributed by atoms with Crippen LogP contribution in [0.25, 0.3) is 0 Å². The van der Waals surface area contributed by atoms with Crippen molar-refractivity contribution in [2.24, 2.45) is 16.8 Å². The first-order chi connectivity index (χ1) is 11.0. The molecule has 126 valence electrons. The third-order valence-corrected chi connectivity index (χ3v) is 4.27. The van der Waals surface area contributed by atoms with Gasteiger partial charge in [-0.1, -0.05) is 26.0 Å². The highest BCUT2D eigenvalue weighted by atomic mass is 16.1. The molecule has 1 amide bonds. The predicted molar refractivity (Wildman–Crippen MR) is 94.5 cm³/mol. The lowest BCUT2D eigenvalue weighted by Crippen LogP contribution is -2.48. The van der Waals surface area contributed by atoms with Gasteiger partial charge in [-0.3, -0.25) is 9.79 Å². The van der Waals surface area contributed by atoms with Crippen LogP contribution in [0, 0.1) is 11.8 Å². The van der Waals surface area contributed by atoms with Gasteiger partial charge in [0.1, 0.15) is 0 Å². The second-order valence-electron chi connectivity index (χ2n) is 6.53. The van der Waals surface area contributed by atoms with Crippen LogP contribution in [-0.4, -0.2) is 44.0 Å². The molecular weight excluding hydrogens is 288 g/mol. The Morgan fingerprint density at radius 3 is 2.35 bits per heavy atom. The van der Waals surface area contributed by atoms with E-state index in [4.69, 9.17) is 0 Å². The number of piperidine rings is 1. The maximum absolute atomic E-state index is 11.6. The Kier molecular flexibility index (Phi) is 6.02. The highest BCUT2D eigenvalue weighted by Gasteiger charge is 2.23. The van der Waals surface area contributed by atoms with Gasteiger partial charge in [0.2, 0.25) is 0 Å². The van der Waals surface area contributed by atoms with E-state index in [9.17, 15) is 4.79 Å². The number of carbonyl (C=O) groups is 1. The van der Waals surface area contributed by atoms with E-state index < -0.39 is 0 Å². The van der Waals surface area contributed by atoms with Crippen molar-refractivity contribution in [3.63, 3.8) is 0 Å². The normalized spacial score (nSPS) is 21.9. The lowest BCUT2D eigenvalue weighted by Gasteiger charge is -2.37. The maximum atomic E-state index is 11.6. The lowest BCUT2D eigenvalue weighted by molar-refractivity contribution is 0.0963. The van der Waals surface area contributed by atoms with Crippen LogP contribution in [0.15, 0.2) is 29.3 Å². The van der Waals surface area contributed by atoms with Gasteiger partial charge in [-0.15, -0.1) is 0 Å². The van der Waals surface area contributed by atoms with Crippen LogP contribution in [0.3, 0.4) is 0 Å². The number of amides is 1. The maximum Gasteiger partial charge on any atom is 0.251 e. The fourth-order valence-corrected chi connectivity index (χ4v) is 3.27. The van der Waals surface area contributed by atoms with Crippen molar-refractivity contribution in [3.8, 4) is 0 Å². The number of aliphatic imine (C=N–C) groups is 1. The molecule has 1 aliphatic rings. The van der Waals surface area contributed by atoms with Crippen LogP contribution in [0.1, 0.15) is 36.2 Å². The molecule has 1 fully saturated rings. The zero-order valence-electron chi connectivity index (χ0n) is 14.6. The standard InChI is InChI=1S/C18H28N4O/c1-13-9-14(2)12-22(11-13)18(20-4)21-10-15-5-7-16(8-6-15)17(23)19-3/h5-8,13-14H,9-12H2,1-4H3,(H,19,23)(H,20,21). The number of nitrogens with zero attached hydrogens (tertiary/aromatic N) is 2. The molecular formula is C18H28N4O. The molecule has 0 spiro atoms. The first-order valence-corrected chi connectivity index (χ1v) is 8.30. The average Bonchev–Trinajstić information content (AvgIpc) is 2.54. The Balaban J connectivity index is 1.94. The molecule has 1 aromatic rings. The summed E-state index contributed by atoms with van der Waals surface area (Å²) in [5.41, 5.74) is 1.82. The van der Waals surface area contributed by atoms with E-state index in [1.54, 1.807) is 7.05 Å². The zero-order valence-corrected chi connectivity index (χ0v) is 14.6. The Bertz CT molecular complexity index is 543. The molecule has 2 rings (SSSR count). The van der Waals surface area contributed by atoms with Gasteiger partial charge < -0.3 is 15.5 Å². The van der Waals surface area contributed by atoms with Gasteiger partial charge in [0.25, 0.3) is 5.91 Å². The van der Waals surface area contributed by atoms with Crippen LogP contribution in [0.2, 0.25) is 0 Å². The van der Waals surface area contributed by atoms with E-state index in [-0.39, 0.29) is 5.91 Å². The minimum absolute atomic E-state index is 0.0587. The molecule has 1 saturated heterocycles. The summed E-state index contributed by atoms with van der Waals surface area (Å²) in [5.74, 6) is 2.30. The molecule has 1 heterocycles. The van der Waals surface area contributed by atoms with E-state index in [0.717, 1.165) is 24.6 Å². The molecule has 0 aromatic heterocycles. The molecule has 2 N–H and O–H groups in total. The summed E-state index contributed by atoms with van der Waals surface area (Å²) >= 11 is 0. The van der Waals surface area contributed by atoms with Crippen molar-refractivity contribution >= 4 is 11.9 Å². The molecule has 2 atom stereocenters. The number of guanidine groups is 1. The Hall–Kier alpha value is -2.04. The van der Waals surface area contributed by atoms with E-state index in [0.29, 0.717) is 23.9 Å². The van der Waals surface area contributed by atoms with Crippen molar-refractivity contribution in [1.82, 2.24) is 15.5 Å². The van der Waals surface area contributed by atoms with Gasteiger partial charge >= 0.3 is 0 Å². The zero-order chi connectivity index (χ0) is 16.8. The van der Waals surface area contributed by atoms with Crippen LogP contribution in [-0.2, 0) is 6.54 Å². The average molecular weight is 316 g/mol. The molecule has 1 aromatic carbocycles. The summed E-state index contributed by atoms with van der Waals surface area (Å²) in [6, 6.07) is 7.66. The summed E-state index contributed by atoms with van der Waals surface area (Å²) in [6.07, 6.45) is 1.29. The number of nitrogens with one attached hydrogen (secondary N) is 2. The summed E-state index contributed by atoms with van der Waals surface area (Å²) in [5, 5.41) is 6.07. The molecule has 0 aliphatic carbocycles. The van der Waals surface area contributed by atoms with Crippen LogP contribution >= 0.6 is 0 Å². The number of hydrogen-bond acceptors (Lipinski definition) is 2. The van der Waals surface area contributed by atoms with Crippen molar-refractivity contribution in [1.29, 1.82) is 0 Å². The van der Waals surface area contributed by atoms with Crippen LogP contribution < -0.4 is 10.6 Å². The molecule has 0 saturated carbocycles. The van der Waals surface area contributed by atoms with E-state index in [2.05, 4.69) is 34.4 Å². The number of benzene rings is 1. The molecule has 5 heteroatoms. The third-order valence-electron chi connectivity index (χ3n) is 4.27. The number of rotatable bonds is 3. The van der Waals surface area contributed by atoms with Crippen molar-refractivity contribution < 1.29 is 4.79 Å². The van der Waals surface area contributed by atoms with E-state index in [1.807, 2.05) is 31.3 Å². The summed E-state index contributed by atoms with van der Waals surface area (Å²) in [6.45, 7) is 7.42. The predicted octanol–water partition coefficient (Wildman–Crippen LogP) is 2.10. The molecule has 0 bridgehead atoms. The Morgan fingerprint density at radius 1 is 1.22 bits per heavy atom. The fraction of sp³-hybridized carbons (Fsp3) is 0.556. The molecule has 23 heavy (non-hydrogen) atoms. The second kappa shape index (κ2) is 7.99. The molecule has 5 nitrogen and oxygen atoms in total. The summed E-state index contributed by atoms with van der Waals surface area (Å²) in [7, 11) is 3.48. The van der Waals surface area contributed by atoms with Crippen LogP contribution in [0.5, 0.6) is 0 Å². The quantitative estimate of drug-likeness (QED) is 0.663. The number of hydrogen-bond donors (Lipinski definition) is 2. The summed E-state index contributed by atoms with van der Waals surface area (Å²) in [4.78, 5) is 18.3. The van der Waals surface area contributed by atoms with Crippen LogP contribution in [0.4, 0.5) is 0 Å². The van der Waals surface area contributed by atoms with Gasteiger partial charge in [0.15, 0.2) is 5.96 Å². The SMILES string of the molecule is CN=C(NCc1ccc(C(=O)NC)cc1)N1CC(C)CC(C)C1. The van der Waals surface area contributed by atoms with Gasteiger partial charge in [-0.05, 0) is 36.0 Å². The van der Waals surface area contributed by atoms with E-state index in [1.165, 1.54) is 6.42 Å². The van der Waals surface area contributed by atoms with Gasteiger partial charge in [-0.2, -0.15) is 0 Å². The third kappa shape index (κ3) is 4.71. The van der Waals surface area contributed by atoms with Gasteiger partial charge in [-0.25, -0.2) is 0 Å². The first kappa shape index (κ1) is 17.3. The monoisotopic (exact) mass is 316 g/mol. The molecule has 0 radical (unpaired) electrons. The summed E-state index contributed by atoms with van der Waals surface area (Å²) < 4.78 is 0. The Labute approximate surface area is 139 Å². The minimum atomic E-state index is -0.0587. The topological polar surface area (TPSA) is 56.7 Å². The highest BCUT2D eigenvalue weighted by Crippen LogP contribution is 2.20. The molecule has 2 unspecified atom stereocenters. The number of carbonyl (C=O) groups excluding carboxylic acids is 1. The van der Waals surface area contributed by atoms with Gasteiger partial charge in [0.05, 0.1) is 0 Å². The lowest BCUT2D eigenvalue weighted by atomic mass is 9.92. The second-order valence-corrected chi connectivity index (χ2v) is 6.53. The first-order valence-electron chi connectivity index (χ1n) is 8.30. The smallest absolute Gasteiger partial charge is 0.251 e. The highest BCUT2D eigenvalue weighted by molar-refractivity contribution is 5.93. The van der Waals surface area contributed by atoms with E-state index >= 15 is 0 Å².